The number of halogens is 2. The van der Waals surface area contributed by atoms with E-state index in [-0.39, 0.29) is 17.4 Å². The van der Waals surface area contributed by atoms with Crippen LogP contribution >= 0.6 is 23.2 Å². The number of benzene rings is 1. The fraction of sp³-hybridized carbons (Fsp3) is 0.500. The first-order valence-corrected chi connectivity index (χ1v) is 7.14. The molecule has 2 atom stereocenters. The van der Waals surface area contributed by atoms with Gasteiger partial charge in [-0.2, -0.15) is 0 Å². The van der Waals surface area contributed by atoms with E-state index in [1.807, 2.05) is 19.9 Å². The Morgan fingerprint density at radius 1 is 1.47 bits per heavy atom. The van der Waals surface area contributed by atoms with Crippen LogP contribution in [0.2, 0.25) is 10.0 Å². The van der Waals surface area contributed by atoms with E-state index in [1.54, 1.807) is 12.1 Å². The zero-order chi connectivity index (χ0) is 14.0. The Labute approximate surface area is 123 Å². The predicted octanol–water partition coefficient (Wildman–Crippen LogP) is 3.17. The van der Waals surface area contributed by atoms with Gasteiger partial charge in [-0.15, -0.1) is 0 Å². The Morgan fingerprint density at radius 2 is 2.21 bits per heavy atom. The van der Waals surface area contributed by atoms with Gasteiger partial charge in [-0.1, -0.05) is 29.3 Å². The van der Waals surface area contributed by atoms with E-state index in [4.69, 9.17) is 23.2 Å². The lowest BCUT2D eigenvalue weighted by Gasteiger charge is -2.25. The van der Waals surface area contributed by atoms with Crippen molar-refractivity contribution in [1.82, 2.24) is 10.6 Å². The maximum atomic E-state index is 12.3. The topological polar surface area (TPSA) is 41.1 Å². The highest BCUT2D eigenvalue weighted by atomic mass is 35.5. The third-order valence-electron chi connectivity index (χ3n) is 3.69. The molecule has 1 aliphatic rings. The summed E-state index contributed by atoms with van der Waals surface area (Å²) in [6.07, 6.45) is 0.861. The van der Waals surface area contributed by atoms with E-state index in [2.05, 4.69) is 10.6 Å². The van der Waals surface area contributed by atoms with Crippen LogP contribution in [0.5, 0.6) is 0 Å². The minimum Gasteiger partial charge on any atom is -0.349 e. The first kappa shape index (κ1) is 14.6. The summed E-state index contributed by atoms with van der Waals surface area (Å²) in [7, 11) is 0. The standard InChI is InChI=1S/C14H18Cl2N2O/c1-9(11-4-3-10(15)7-12(11)16)18-13(19)14(2)5-6-17-8-14/h3-4,7,9,17H,5-6,8H2,1-2H3,(H,18,19). The molecule has 1 heterocycles. The minimum atomic E-state index is -0.326. The van der Waals surface area contributed by atoms with Gasteiger partial charge in [0.05, 0.1) is 11.5 Å². The lowest BCUT2D eigenvalue weighted by molar-refractivity contribution is -0.129. The molecule has 0 spiro atoms. The zero-order valence-electron chi connectivity index (χ0n) is 11.1. The molecule has 0 radical (unpaired) electrons. The van der Waals surface area contributed by atoms with Gasteiger partial charge in [0, 0.05) is 16.6 Å². The zero-order valence-corrected chi connectivity index (χ0v) is 12.6. The van der Waals surface area contributed by atoms with Gasteiger partial charge >= 0.3 is 0 Å². The molecule has 1 amide bonds. The molecule has 0 bridgehead atoms. The molecule has 0 aliphatic carbocycles. The molecule has 104 valence electrons. The van der Waals surface area contributed by atoms with Crippen LogP contribution in [0.25, 0.3) is 0 Å². The summed E-state index contributed by atoms with van der Waals surface area (Å²) in [6.45, 7) is 5.52. The van der Waals surface area contributed by atoms with E-state index in [9.17, 15) is 4.79 Å². The van der Waals surface area contributed by atoms with Gasteiger partial charge in [0.25, 0.3) is 0 Å². The second kappa shape index (κ2) is 5.70. The van der Waals surface area contributed by atoms with Crippen molar-refractivity contribution in [3.8, 4) is 0 Å². The molecule has 2 N–H and O–H groups in total. The first-order valence-electron chi connectivity index (χ1n) is 6.39. The van der Waals surface area contributed by atoms with Crippen LogP contribution in [-0.2, 0) is 4.79 Å². The van der Waals surface area contributed by atoms with Crippen LogP contribution in [0, 0.1) is 5.41 Å². The van der Waals surface area contributed by atoms with Gasteiger partial charge in [0.15, 0.2) is 0 Å². The van der Waals surface area contributed by atoms with Crippen molar-refractivity contribution < 1.29 is 4.79 Å². The Bertz CT molecular complexity index is 484. The number of hydrogen-bond donors (Lipinski definition) is 2. The third kappa shape index (κ3) is 3.22. The van der Waals surface area contributed by atoms with Crippen molar-refractivity contribution in [3.63, 3.8) is 0 Å². The van der Waals surface area contributed by atoms with Crippen molar-refractivity contribution >= 4 is 29.1 Å². The molecule has 1 saturated heterocycles. The molecular weight excluding hydrogens is 283 g/mol. The summed E-state index contributed by atoms with van der Waals surface area (Å²) in [5.74, 6) is 0.0658. The Hall–Kier alpha value is -0.770. The lowest BCUT2D eigenvalue weighted by atomic mass is 9.88. The van der Waals surface area contributed by atoms with Crippen molar-refractivity contribution in [2.24, 2.45) is 5.41 Å². The predicted molar refractivity (Wildman–Crippen MR) is 78.6 cm³/mol. The Balaban J connectivity index is 2.08. The first-order chi connectivity index (χ1) is 8.92. The molecule has 0 aromatic heterocycles. The number of hydrogen-bond acceptors (Lipinski definition) is 2. The molecule has 1 aromatic carbocycles. The fourth-order valence-electron chi connectivity index (χ4n) is 2.31. The monoisotopic (exact) mass is 300 g/mol. The smallest absolute Gasteiger partial charge is 0.227 e. The van der Waals surface area contributed by atoms with Crippen molar-refractivity contribution in [1.29, 1.82) is 0 Å². The molecule has 5 heteroatoms. The molecule has 1 aromatic rings. The summed E-state index contributed by atoms with van der Waals surface area (Å²) < 4.78 is 0. The highest BCUT2D eigenvalue weighted by Crippen LogP contribution is 2.29. The summed E-state index contributed by atoms with van der Waals surface area (Å²) in [6, 6.07) is 5.20. The number of amides is 1. The molecular formula is C14H18Cl2N2O. The van der Waals surface area contributed by atoms with Crippen LogP contribution < -0.4 is 10.6 Å². The average molecular weight is 301 g/mol. The van der Waals surface area contributed by atoms with E-state index in [1.165, 1.54) is 0 Å². The maximum Gasteiger partial charge on any atom is 0.227 e. The molecule has 3 nitrogen and oxygen atoms in total. The highest BCUT2D eigenvalue weighted by Gasteiger charge is 2.36. The highest BCUT2D eigenvalue weighted by molar-refractivity contribution is 6.35. The van der Waals surface area contributed by atoms with Gasteiger partial charge in [-0.05, 0) is 44.5 Å². The summed E-state index contributed by atoms with van der Waals surface area (Å²) in [4.78, 5) is 12.3. The second-order valence-corrected chi connectivity index (χ2v) is 6.19. The summed E-state index contributed by atoms with van der Waals surface area (Å²) >= 11 is 12.0. The van der Waals surface area contributed by atoms with Gasteiger partial charge in [-0.3, -0.25) is 4.79 Å². The summed E-state index contributed by atoms with van der Waals surface area (Å²) in [5.41, 5.74) is 0.557. The van der Waals surface area contributed by atoms with E-state index in [0.29, 0.717) is 10.0 Å². The van der Waals surface area contributed by atoms with Crippen molar-refractivity contribution in [2.75, 3.05) is 13.1 Å². The van der Waals surface area contributed by atoms with Crippen LogP contribution in [-0.4, -0.2) is 19.0 Å². The van der Waals surface area contributed by atoms with E-state index >= 15 is 0 Å². The average Bonchev–Trinajstić information content (AvgIpc) is 2.77. The van der Waals surface area contributed by atoms with E-state index < -0.39 is 0 Å². The molecule has 2 rings (SSSR count). The van der Waals surface area contributed by atoms with Crippen molar-refractivity contribution in [2.45, 2.75) is 26.3 Å². The lowest BCUT2D eigenvalue weighted by Crippen LogP contribution is -2.41. The number of carbonyl (C=O) groups is 1. The van der Waals surface area contributed by atoms with Crippen LogP contribution in [0.4, 0.5) is 0 Å². The van der Waals surface area contributed by atoms with Gasteiger partial charge in [0.1, 0.15) is 0 Å². The van der Waals surface area contributed by atoms with Crippen molar-refractivity contribution in [3.05, 3.63) is 33.8 Å². The molecule has 0 saturated carbocycles. The largest absolute Gasteiger partial charge is 0.349 e. The van der Waals surface area contributed by atoms with Crippen LogP contribution in [0.1, 0.15) is 31.9 Å². The normalized spacial score (nSPS) is 24.2. The van der Waals surface area contributed by atoms with E-state index in [0.717, 1.165) is 25.1 Å². The van der Waals surface area contributed by atoms with Gasteiger partial charge in [-0.25, -0.2) is 0 Å². The Morgan fingerprint density at radius 3 is 2.79 bits per heavy atom. The molecule has 19 heavy (non-hydrogen) atoms. The molecule has 2 unspecified atom stereocenters. The summed E-state index contributed by atoms with van der Waals surface area (Å²) in [5, 5.41) is 7.43. The SMILES string of the molecule is CC(NC(=O)C1(C)CCNC1)c1ccc(Cl)cc1Cl. The molecule has 1 aliphatic heterocycles. The van der Waals surface area contributed by atoms with Crippen LogP contribution in [0.3, 0.4) is 0 Å². The van der Waals surface area contributed by atoms with Crippen LogP contribution in [0.15, 0.2) is 18.2 Å². The fourth-order valence-corrected chi connectivity index (χ4v) is 2.88. The molecule has 1 fully saturated rings. The quantitative estimate of drug-likeness (QED) is 0.900. The van der Waals surface area contributed by atoms with Gasteiger partial charge < -0.3 is 10.6 Å². The Kier molecular flexibility index (Phi) is 4.39. The third-order valence-corrected chi connectivity index (χ3v) is 4.26. The number of nitrogens with one attached hydrogen (secondary N) is 2. The van der Waals surface area contributed by atoms with Gasteiger partial charge in [0.2, 0.25) is 5.91 Å². The number of rotatable bonds is 3. The number of carbonyl (C=O) groups excluding carboxylic acids is 1. The second-order valence-electron chi connectivity index (χ2n) is 5.35. The minimum absolute atomic E-state index is 0.0658. The maximum absolute atomic E-state index is 12.3.